The van der Waals surface area contributed by atoms with Crippen LogP contribution in [-0.2, 0) is 26.8 Å². The summed E-state index contributed by atoms with van der Waals surface area (Å²) in [5.74, 6) is 1.21. The molecular formula is C35H33ClFN5O5S. The van der Waals surface area contributed by atoms with Crippen LogP contribution in [0.2, 0.25) is 5.02 Å². The molecule has 0 saturated heterocycles. The first-order valence-corrected chi connectivity index (χ1v) is 17.2. The van der Waals surface area contributed by atoms with Crippen LogP contribution in [0.15, 0.2) is 103 Å². The summed E-state index contributed by atoms with van der Waals surface area (Å²) >= 11 is 6.55. The van der Waals surface area contributed by atoms with E-state index < -0.39 is 15.4 Å². The van der Waals surface area contributed by atoms with Crippen molar-refractivity contribution in [2.24, 2.45) is 0 Å². The van der Waals surface area contributed by atoms with Gasteiger partial charge in [-0.2, -0.15) is 0 Å². The van der Waals surface area contributed by atoms with E-state index in [9.17, 15) is 12.8 Å². The second-order valence-electron chi connectivity index (χ2n) is 11.2. The number of sulfone groups is 1. The summed E-state index contributed by atoms with van der Waals surface area (Å²) in [6.45, 7) is 0.920. The lowest BCUT2D eigenvalue weighted by molar-refractivity contribution is 0.0307. The van der Waals surface area contributed by atoms with Crippen molar-refractivity contribution >= 4 is 43.8 Å². The van der Waals surface area contributed by atoms with E-state index in [1.807, 2.05) is 24.3 Å². The highest BCUT2D eigenvalue weighted by Crippen LogP contribution is 2.44. The third-order valence-corrected chi connectivity index (χ3v) is 9.89. The topological polar surface area (TPSA) is 125 Å². The molecule has 0 amide bonds. The molecule has 5 aromatic rings. The Morgan fingerprint density at radius 1 is 1.00 bits per heavy atom. The summed E-state index contributed by atoms with van der Waals surface area (Å²) in [4.78, 5) is 13.0. The lowest BCUT2D eigenvalue weighted by atomic mass is 9.86. The van der Waals surface area contributed by atoms with Crippen molar-refractivity contribution in [1.82, 2.24) is 20.3 Å². The number of pyridine rings is 1. The molecule has 6 rings (SSSR count). The number of hydrogen-bond donors (Lipinski definition) is 2. The number of nitrogens with one attached hydrogen (secondary N) is 2. The summed E-state index contributed by atoms with van der Waals surface area (Å²) in [5.41, 5.74) is 2.07. The van der Waals surface area contributed by atoms with Crippen molar-refractivity contribution in [2.45, 2.75) is 30.1 Å². The Bertz CT molecular complexity index is 2040. The van der Waals surface area contributed by atoms with Gasteiger partial charge in [-0.05, 0) is 66.7 Å². The van der Waals surface area contributed by atoms with Crippen LogP contribution in [0.1, 0.15) is 24.0 Å². The van der Waals surface area contributed by atoms with Crippen molar-refractivity contribution in [1.29, 1.82) is 0 Å². The molecule has 10 nitrogen and oxygen atoms in total. The molecule has 3 heterocycles. The number of benzene rings is 3. The number of nitrogens with zero attached hydrogens (tertiary/aromatic N) is 3. The maximum atomic E-state index is 13.5. The molecule has 1 unspecified atom stereocenters. The second-order valence-corrected chi connectivity index (χ2v) is 13.6. The number of rotatable bonds is 14. The SMILES string of the molecule is COc1cc2ncnc(Nc3ccc(OCc4cccc(F)c4)c(Cl)c3)c2cc1C1(CCNCCS(=O)(=O)c2ccccn2)CC=CO1. The fraction of sp³-hybridized carbons (Fsp3) is 0.229. The monoisotopic (exact) mass is 689 g/mol. The minimum atomic E-state index is -3.50. The van der Waals surface area contributed by atoms with Gasteiger partial charge in [-0.1, -0.05) is 29.8 Å². The van der Waals surface area contributed by atoms with E-state index in [-0.39, 0.29) is 29.7 Å². The fourth-order valence-electron chi connectivity index (χ4n) is 5.52. The molecular weight excluding hydrogens is 657 g/mol. The molecule has 0 aliphatic carbocycles. The molecule has 248 valence electrons. The zero-order valence-electron chi connectivity index (χ0n) is 26.0. The van der Waals surface area contributed by atoms with E-state index in [4.69, 9.17) is 25.8 Å². The molecule has 3 aromatic carbocycles. The summed E-state index contributed by atoms with van der Waals surface area (Å²) < 4.78 is 56.7. The predicted molar refractivity (Wildman–Crippen MR) is 182 cm³/mol. The smallest absolute Gasteiger partial charge is 0.196 e. The van der Waals surface area contributed by atoms with Gasteiger partial charge in [0.1, 0.15) is 41.7 Å². The van der Waals surface area contributed by atoms with Crippen molar-refractivity contribution in [3.63, 3.8) is 0 Å². The van der Waals surface area contributed by atoms with Gasteiger partial charge < -0.3 is 24.8 Å². The van der Waals surface area contributed by atoms with Gasteiger partial charge in [0.2, 0.25) is 0 Å². The van der Waals surface area contributed by atoms with Crippen LogP contribution in [0.4, 0.5) is 15.9 Å². The highest BCUT2D eigenvalue weighted by Gasteiger charge is 2.38. The Morgan fingerprint density at radius 2 is 1.90 bits per heavy atom. The largest absolute Gasteiger partial charge is 0.496 e. The summed E-state index contributed by atoms with van der Waals surface area (Å²) in [7, 11) is -1.90. The highest BCUT2D eigenvalue weighted by atomic mass is 35.5. The molecule has 2 N–H and O–H groups in total. The van der Waals surface area contributed by atoms with E-state index in [2.05, 4.69) is 25.6 Å². The van der Waals surface area contributed by atoms with Gasteiger partial charge in [-0.3, -0.25) is 0 Å². The predicted octanol–water partition coefficient (Wildman–Crippen LogP) is 6.73. The third-order valence-electron chi connectivity index (χ3n) is 7.97. The molecule has 1 aliphatic heterocycles. The minimum absolute atomic E-state index is 0.0616. The summed E-state index contributed by atoms with van der Waals surface area (Å²) in [6.07, 6.45) is 7.69. The van der Waals surface area contributed by atoms with Gasteiger partial charge in [-0.25, -0.2) is 27.8 Å². The number of halogens is 2. The lowest BCUT2D eigenvalue weighted by Gasteiger charge is -2.31. The number of hydrogen-bond acceptors (Lipinski definition) is 10. The zero-order valence-corrected chi connectivity index (χ0v) is 27.6. The number of aromatic nitrogens is 3. The van der Waals surface area contributed by atoms with Crippen LogP contribution in [0.5, 0.6) is 11.5 Å². The molecule has 2 aromatic heterocycles. The average molecular weight is 690 g/mol. The number of anilines is 2. The Labute approximate surface area is 282 Å². The Morgan fingerprint density at radius 3 is 2.65 bits per heavy atom. The van der Waals surface area contributed by atoms with E-state index in [1.54, 1.807) is 49.8 Å². The first-order valence-electron chi connectivity index (χ1n) is 15.2. The first kappa shape index (κ1) is 33.1. The van der Waals surface area contributed by atoms with E-state index in [0.29, 0.717) is 58.5 Å². The van der Waals surface area contributed by atoms with Crippen LogP contribution < -0.4 is 20.1 Å². The van der Waals surface area contributed by atoms with Gasteiger partial charge in [0.15, 0.2) is 14.9 Å². The fourth-order valence-corrected chi connectivity index (χ4v) is 6.88. The molecule has 0 radical (unpaired) electrons. The Kier molecular flexibility index (Phi) is 10.0. The van der Waals surface area contributed by atoms with Crippen LogP contribution in [0.3, 0.4) is 0 Å². The molecule has 1 atom stereocenters. The van der Waals surface area contributed by atoms with Crippen LogP contribution >= 0.6 is 11.6 Å². The average Bonchev–Trinajstić information content (AvgIpc) is 3.57. The molecule has 0 spiro atoms. The molecule has 0 saturated carbocycles. The highest BCUT2D eigenvalue weighted by molar-refractivity contribution is 7.91. The quantitative estimate of drug-likeness (QED) is 0.121. The van der Waals surface area contributed by atoms with Crippen molar-refractivity contribution < 1.29 is 27.0 Å². The molecule has 13 heteroatoms. The van der Waals surface area contributed by atoms with Gasteiger partial charge in [0, 0.05) is 48.3 Å². The van der Waals surface area contributed by atoms with Gasteiger partial charge >= 0.3 is 0 Å². The van der Waals surface area contributed by atoms with E-state index in [1.165, 1.54) is 30.7 Å². The van der Waals surface area contributed by atoms with Gasteiger partial charge in [0.25, 0.3) is 0 Å². The standard InChI is InChI=1S/C35H33ClFN5O5S/c1-45-32-21-30-27(20-28(32)35(11-5-16-47-35)12-14-38-15-17-48(43,44)33-8-2-3-13-39-33)34(41-23-40-30)42-26-9-10-31(29(36)19-26)46-22-24-6-4-7-25(37)18-24/h2-10,13,16,18-21,23,38H,11-12,14-15,17,22H2,1H3,(H,40,41,42). The van der Waals surface area contributed by atoms with Crippen LogP contribution in [-0.4, -0.2) is 49.3 Å². The maximum Gasteiger partial charge on any atom is 0.196 e. The summed E-state index contributed by atoms with van der Waals surface area (Å²) in [5, 5.41) is 7.76. The number of methoxy groups -OCH3 is 1. The maximum absolute atomic E-state index is 13.5. The first-order chi connectivity index (χ1) is 23.3. The molecule has 0 fully saturated rings. The number of fused-ring (bicyclic) bond motifs is 1. The van der Waals surface area contributed by atoms with Crippen LogP contribution in [0.25, 0.3) is 10.9 Å². The normalized spacial score (nSPS) is 15.7. The number of ether oxygens (including phenoxy) is 3. The summed E-state index contributed by atoms with van der Waals surface area (Å²) in [6, 6.07) is 20.1. The second kappa shape index (κ2) is 14.5. The van der Waals surface area contributed by atoms with Crippen molar-refractivity contribution in [2.75, 3.05) is 31.3 Å². The Hall–Kier alpha value is -4.78. The van der Waals surface area contributed by atoms with E-state index >= 15 is 0 Å². The van der Waals surface area contributed by atoms with Crippen LogP contribution in [0, 0.1) is 5.82 Å². The lowest BCUT2D eigenvalue weighted by Crippen LogP contribution is -2.32. The molecule has 48 heavy (non-hydrogen) atoms. The van der Waals surface area contributed by atoms with E-state index in [0.717, 1.165) is 10.9 Å². The zero-order chi connectivity index (χ0) is 33.6. The van der Waals surface area contributed by atoms with Crippen molar-refractivity contribution in [3.05, 3.63) is 120 Å². The van der Waals surface area contributed by atoms with Gasteiger partial charge in [-0.15, -0.1) is 0 Å². The van der Waals surface area contributed by atoms with Gasteiger partial charge in [0.05, 0.1) is 29.7 Å². The minimum Gasteiger partial charge on any atom is -0.496 e. The third kappa shape index (κ3) is 7.51. The molecule has 1 aliphatic rings. The molecule has 0 bridgehead atoms. The Balaban J connectivity index is 1.18. The van der Waals surface area contributed by atoms with Crippen molar-refractivity contribution in [3.8, 4) is 11.5 Å².